The van der Waals surface area contributed by atoms with Gasteiger partial charge in [-0.15, -0.1) is 0 Å². The van der Waals surface area contributed by atoms with Crippen molar-refractivity contribution in [1.82, 2.24) is 0 Å². The minimum Gasteiger partial charge on any atom is -0.466 e. The highest BCUT2D eigenvalue weighted by molar-refractivity contribution is 5.74. The molecule has 0 aliphatic heterocycles. The normalized spacial score (nSPS) is 32.2. The fourth-order valence-corrected chi connectivity index (χ4v) is 3.40. The fourth-order valence-electron chi connectivity index (χ4n) is 3.40. The van der Waals surface area contributed by atoms with Crippen molar-refractivity contribution >= 4 is 5.97 Å². The van der Waals surface area contributed by atoms with E-state index in [0.29, 0.717) is 25.7 Å². The van der Waals surface area contributed by atoms with Gasteiger partial charge < -0.3 is 14.2 Å². The van der Waals surface area contributed by atoms with E-state index in [0.717, 1.165) is 6.42 Å². The smallest absolute Gasteiger partial charge is 0.310 e. The van der Waals surface area contributed by atoms with Crippen molar-refractivity contribution in [3.8, 4) is 0 Å². The van der Waals surface area contributed by atoms with Gasteiger partial charge in [0.25, 0.3) is 0 Å². The first-order valence-corrected chi connectivity index (χ1v) is 7.31. The minimum atomic E-state index is -0.302. The SMILES string of the molecule is CCOC(=O)C1C2C=CC(C2)C1C(OCC)OCC. The molecule has 0 aromatic heterocycles. The van der Waals surface area contributed by atoms with E-state index in [4.69, 9.17) is 14.2 Å². The van der Waals surface area contributed by atoms with Crippen molar-refractivity contribution < 1.29 is 19.0 Å². The Hall–Kier alpha value is -0.870. The van der Waals surface area contributed by atoms with E-state index in [1.54, 1.807) is 0 Å². The van der Waals surface area contributed by atoms with Gasteiger partial charge in [0.15, 0.2) is 6.29 Å². The Labute approximate surface area is 115 Å². The van der Waals surface area contributed by atoms with Crippen LogP contribution < -0.4 is 0 Å². The molecule has 1 fully saturated rings. The number of ether oxygens (including phenoxy) is 3. The quantitative estimate of drug-likeness (QED) is 0.404. The van der Waals surface area contributed by atoms with E-state index >= 15 is 0 Å². The standard InChI is InChI=1S/C15H24O4/c1-4-17-14(16)12-10-7-8-11(9-10)13(12)15(18-5-2)19-6-3/h7-8,10-13,15H,4-6,9H2,1-3H3. The molecule has 4 unspecified atom stereocenters. The van der Waals surface area contributed by atoms with Crippen LogP contribution in [0.4, 0.5) is 0 Å². The van der Waals surface area contributed by atoms with Crippen LogP contribution in [0.15, 0.2) is 12.2 Å². The van der Waals surface area contributed by atoms with Crippen LogP contribution in [0.3, 0.4) is 0 Å². The molecule has 0 N–H and O–H groups in total. The molecule has 2 aliphatic rings. The first-order valence-electron chi connectivity index (χ1n) is 7.31. The summed E-state index contributed by atoms with van der Waals surface area (Å²) in [6.45, 7) is 7.37. The van der Waals surface area contributed by atoms with Crippen LogP contribution in [0.2, 0.25) is 0 Å². The summed E-state index contributed by atoms with van der Waals surface area (Å²) in [5.41, 5.74) is 0. The van der Waals surface area contributed by atoms with Gasteiger partial charge in [0.05, 0.1) is 12.5 Å². The van der Waals surface area contributed by atoms with Crippen LogP contribution in [0, 0.1) is 23.7 Å². The predicted octanol–water partition coefficient (Wildman–Crippen LogP) is 2.39. The molecule has 19 heavy (non-hydrogen) atoms. The molecule has 4 nitrogen and oxygen atoms in total. The maximum atomic E-state index is 12.2. The largest absolute Gasteiger partial charge is 0.466 e. The number of carbonyl (C=O) groups excluding carboxylic acids is 1. The lowest BCUT2D eigenvalue weighted by molar-refractivity contribution is -0.189. The van der Waals surface area contributed by atoms with Gasteiger partial charge in [-0.3, -0.25) is 4.79 Å². The number of carbonyl (C=O) groups is 1. The first-order chi connectivity index (χ1) is 9.22. The fraction of sp³-hybridized carbons (Fsp3) is 0.800. The average Bonchev–Trinajstić information content (AvgIpc) is 2.98. The molecule has 0 amide bonds. The molecule has 108 valence electrons. The molecule has 2 aliphatic carbocycles. The summed E-state index contributed by atoms with van der Waals surface area (Å²) in [4.78, 5) is 12.2. The van der Waals surface area contributed by atoms with E-state index in [1.165, 1.54) is 0 Å². The summed E-state index contributed by atoms with van der Waals surface area (Å²) < 4.78 is 16.7. The second-order valence-corrected chi connectivity index (χ2v) is 5.08. The summed E-state index contributed by atoms with van der Waals surface area (Å²) in [5.74, 6) is 0.542. The van der Waals surface area contributed by atoms with E-state index in [-0.39, 0.29) is 30.0 Å². The number of hydrogen-bond donors (Lipinski definition) is 0. The highest BCUT2D eigenvalue weighted by atomic mass is 16.7. The van der Waals surface area contributed by atoms with Crippen LogP contribution in [-0.4, -0.2) is 32.1 Å². The van der Waals surface area contributed by atoms with Crippen molar-refractivity contribution in [1.29, 1.82) is 0 Å². The molecule has 1 saturated carbocycles. The van der Waals surface area contributed by atoms with E-state index in [2.05, 4.69) is 12.2 Å². The van der Waals surface area contributed by atoms with Crippen LogP contribution in [-0.2, 0) is 19.0 Å². The molecule has 0 saturated heterocycles. The number of rotatable bonds is 7. The second-order valence-electron chi connectivity index (χ2n) is 5.08. The number of allylic oxidation sites excluding steroid dienone is 2. The zero-order chi connectivity index (χ0) is 13.8. The minimum absolute atomic E-state index is 0.0916. The van der Waals surface area contributed by atoms with Crippen molar-refractivity contribution in [2.75, 3.05) is 19.8 Å². The average molecular weight is 268 g/mol. The van der Waals surface area contributed by atoms with Gasteiger partial charge in [-0.2, -0.15) is 0 Å². The van der Waals surface area contributed by atoms with Gasteiger partial charge in [-0.05, 0) is 39.0 Å². The van der Waals surface area contributed by atoms with Gasteiger partial charge in [-0.25, -0.2) is 0 Å². The Bertz CT molecular complexity index is 333. The number of esters is 1. The van der Waals surface area contributed by atoms with Gasteiger partial charge in [0.2, 0.25) is 0 Å². The predicted molar refractivity (Wildman–Crippen MR) is 71.4 cm³/mol. The summed E-state index contributed by atoms with van der Waals surface area (Å²) in [7, 11) is 0. The van der Waals surface area contributed by atoms with E-state index < -0.39 is 0 Å². The summed E-state index contributed by atoms with van der Waals surface area (Å²) in [6.07, 6.45) is 5.07. The highest BCUT2D eigenvalue weighted by Gasteiger charge is 2.52. The molecule has 2 bridgehead atoms. The van der Waals surface area contributed by atoms with Crippen molar-refractivity contribution in [2.24, 2.45) is 23.7 Å². The third kappa shape index (κ3) is 2.84. The Morgan fingerprint density at radius 2 is 1.74 bits per heavy atom. The van der Waals surface area contributed by atoms with Crippen LogP contribution >= 0.6 is 0 Å². The van der Waals surface area contributed by atoms with Gasteiger partial charge in [0, 0.05) is 19.1 Å². The lowest BCUT2D eigenvalue weighted by Gasteiger charge is -2.32. The molecule has 0 aromatic carbocycles. The van der Waals surface area contributed by atoms with Gasteiger partial charge in [-0.1, -0.05) is 12.2 Å². The Morgan fingerprint density at radius 1 is 1.11 bits per heavy atom. The van der Waals surface area contributed by atoms with Crippen molar-refractivity contribution in [3.63, 3.8) is 0 Å². The van der Waals surface area contributed by atoms with E-state index in [9.17, 15) is 4.79 Å². The van der Waals surface area contributed by atoms with E-state index in [1.807, 2.05) is 20.8 Å². The maximum absolute atomic E-state index is 12.2. The third-order valence-corrected chi connectivity index (χ3v) is 4.06. The molecule has 4 heteroatoms. The highest BCUT2D eigenvalue weighted by Crippen LogP contribution is 2.50. The molecule has 4 atom stereocenters. The third-order valence-electron chi connectivity index (χ3n) is 4.06. The van der Waals surface area contributed by atoms with Gasteiger partial charge >= 0.3 is 5.97 Å². The van der Waals surface area contributed by atoms with Crippen LogP contribution in [0.25, 0.3) is 0 Å². The maximum Gasteiger partial charge on any atom is 0.310 e. The molecule has 0 heterocycles. The lowest BCUT2D eigenvalue weighted by Crippen LogP contribution is -2.39. The Balaban J connectivity index is 2.15. The topological polar surface area (TPSA) is 44.8 Å². The molecule has 0 spiro atoms. The van der Waals surface area contributed by atoms with Gasteiger partial charge in [0.1, 0.15) is 0 Å². The molecule has 0 radical (unpaired) electrons. The van der Waals surface area contributed by atoms with Crippen LogP contribution in [0.5, 0.6) is 0 Å². The van der Waals surface area contributed by atoms with Crippen molar-refractivity contribution in [2.45, 2.75) is 33.5 Å². The zero-order valence-electron chi connectivity index (χ0n) is 12.0. The molecular weight excluding hydrogens is 244 g/mol. The monoisotopic (exact) mass is 268 g/mol. The number of fused-ring (bicyclic) bond motifs is 2. The van der Waals surface area contributed by atoms with Crippen LogP contribution in [0.1, 0.15) is 27.2 Å². The zero-order valence-corrected chi connectivity index (χ0v) is 12.0. The summed E-state index contributed by atoms with van der Waals surface area (Å²) in [6, 6.07) is 0. The Kier molecular flexibility index (Phi) is 4.99. The summed E-state index contributed by atoms with van der Waals surface area (Å²) in [5, 5.41) is 0. The Morgan fingerprint density at radius 3 is 2.32 bits per heavy atom. The number of hydrogen-bond acceptors (Lipinski definition) is 4. The van der Waals surface area contributed by atoms with Crippen molar-refractivity contribution in [3.05, 3.63) is 12.2 Å². The molecule has 0 aromatic rings. The molecule has 2 rings (SSSR count). The first kappa shape index (κ1) is 14.5. The molecular formula is C15H24O4. The lowest BCUT2D eigenvalue weighted by atomic mass is 9.82. The summed E-state index contributed by atoms with van der Waals surface area (Å²) >= 11 is 0. The second kappa shape index (κ2) is 6.53.